The van der Waals surface area contributed by atoms with E-state index in [1.54, 1.807) is 19.3 Å². The number of nitrogens with one attached hydrogen (secondary N) is 1. The fraction of sp³-hybridized carbons (Fsp3) is 0.250. The van der Waals surface area contributed by atoms with Crippen LogP contribution in [-0.2, 0) is 4.79 Å². The minimum Gasteiger partial charge on any atom is -0.497 e. The van der Waals surface area contributed by atoms with Gasteiger partial charge in [-0.2, -0.15) is 0 Å². The molecule has 0 saturated carbocycles. The molecule has 0 unspecified atom stereocenters. The number of hydrogen-bond donors (Lipinski definition) is 1. The normalized spacial score (nSPS) is 11.0. The monoisotopic (exact) mass is 309 g/mol. The third-order valence-corrected chi connectivity index (χ3v) is 3.70. The number of benzene rings is 2. The van der Waals surface area contributed by atoms with Crippen LogP contribution in [0.2, 0.25) is 0 Å². The van der Waals surface area contributed by atoms with Crippen molar-refractivity contribution in [3.05, 3.63) is 65.2 Å². The molecule has 0 aliphatic carbocycles. The molecule has 0 bridgehead atoms. The first-order chi connectivity index (χ1) is 11.0. The molecular formula is C20H23NO2. The van der Waals surface area contributed by atoms with E-state index in [0.29, 0.717) is 5.92 Å². The minimum atomic E-state index is -0.135. The van der Waals surface area contributed by atoms with Gasteiger partial charge in [0, 0.05) is 11.8 Å². The van der Waals surface area contributed by atoms with Crippen molar-refractivity contribution in [2.75, 3.05) is 12.4 Å². The molecule has 1 N–H and O–H groups in total. The van der Waals surface area contributed by atoms with Gasteiger partial charge in [-0.3, -0.25) is 4.79 Å². The smallest absolute Gasteiger partial charge is 0.248 e. The molecule has 0 radical (unpaired) electrons. The van der Waals surface area contributed by atoms with Crippen molar-refractivity contribution in [2.24, 2.45) is 0 Å². The number of rotatable bonds is 5. The second-order valence-electron chi connectivity index (χ2n) is 5.79. The lowest BCUT2D eigenvalue weighted by atomic mass is 9.98. The van der Waals surface area contributed by atoms with Gasteiger partial charge in [-0.15, -0.1) is 0 Å². The third-order valence-electron chi connectivity index (χ3n) is 3.70. The Bertz CT molecular complexity index is 717. The largest absolute Gasteiger partial charge is 0.497 e. The molecule has 0 aliphatic heterocycles. The molecule has 2 aromatic carbocycles. The first-order valence-corrected chi connectivity index (χ1v) is 7.74. The van der Waals surface area contributed by atoms with Gasteiger partial charge >= 0.3 is 0 Å². The molecule has 0 saturated heterocycles. The highest BCUT2D eigenvalue weighted by atomic mass is 16.5. The zero-order valence-corrected chi connectivity index (χ0v) is 14.1. The van der Waals surface area contributed by atoms with E-state index in [2.05, 4.69) is 25.2 Å². The topological polar surface area (TPSA) is 38.3 Å². The number of anilines is 1. The van der Waals surface area contributed by atoms with Crippen LogP contribution in [0.3, 0.4) is 0 Å². The van der Waals surface area contributed by atoms with Gasteiger partial charge < -0.3 is 10.1 Å². The quantitative estimate of drug-likeness (QED) is 0.807. The van der Waals surface area contributed by atoms with Crippen LogP contribution in [-0.4, -0.2) is 13.0 Å². The van der Waals surface area contributed by atoms with Crippen molar-refractivity contribution in [2.45, 2.75) is 26.7 Å². The summed E-state index contributed by atoms with van der Waals surface area (Å²) in [5.74, 6) is 0.991. The Labute approximate surface area is 138 Å². The van der Waals surface area contributed by atoms with Crippen LogP contribution in [0.25, 0.3) is 6.08 Å². The van der Waals surface area contributed by atoms with Crippen LogP contribution in [0.4, 0.5) is 5.69 Å². The molecule has 120 valence electrons. The second-order valence-corrected chi connectivity index (χ2v) is 5.79. The fourth-order valence-electron chi connectivity index (χ4n) is 2.42. The number of aryl methyl sites for hydroxylation is 1. The summed E-state index contributed by atoms with van der Waals surface area (Å²) in [4.78, 5) is 12.2. The summed E-state index contributed by atoms with van der Waals surface area (Å²) >= 11 is 0. The van der Waals surface area contributed by atoms with E-state index in [4.69, 9.17) is 4.74 Å². The van der Waals surface area contributed by atoms with E-state index in [1.807, 2.05) is 43.3 Å². The number of carbonyl (C=O) groups excluding carboxylic acids is 1. The molecule has 2 aromatic rings. The zero-order chi connectivity index (χ0) is 16.8. The Hall–Kier alpha value is -2.55. The Morgan fingerprint density at radius 2 is 1.91 bits per heavy atom. The number of amides is 1. The number of carbonyl (C=O) groups is 1. The highest BCUT2D eigenvalue weighted by molar-refractivity contribution is 6.02. The molecule has 0 atom stereocenters. The molecule has 0 heterocycles. The van der Waals surface area contributed by atoms with Crippen LogP contribution < -0.4 is 10.1 Å². The summed E-state index contributed by atoms with van der Waals surface area (Å²) in [5.41, 5.74) is 4.05. The average Bonchev–Trinajstić information content (AvgIpc) is 2.54. The van der Waals surface area contributed by atoms with Crippen molar-refractivity contribution in [3.8, 4) is 5.75 Å². The minimum absolute atomic E-state index is 0.135. The molecule has 0 spiro atoms. The average molecular weight is 309 g/mol. The van der Waals surface area contributed by atoms with Gasteiger partial charge in [-0.25, -0.2) is 0 Å². The van der Waals surface area contributed by atoms with Gasteiger partial charge in [0.2, 0.25) is 5.91 Å². The molecule has 0 fully saturated rings. The lowest BCUT2D eigenvalue weighted by Gasteiger charge is -2.15. The van der Waals surface area contributed by atoms with Crippen LogP contribution in [0.5, 0.6) is 5.75 Å². The number of ether oxygens (including phenoxy) is 1. The van der Waals surface area contributed by atoms with E-state index >= 15 is 0 Å². The maximum absolute atomic E-state index is 12.2. The van der Waals surface area contributed by atoms with Crippen molar-refractivity contribution in [1.82, 2.24) is 0 Å². The summed E-state index contributed by atoms with van der Waals surface area (Å²) in [6.07, 6.45) is 3.33. The van der Waals surface area contributed by atoms with Gasteiger partial charge in [0.15, 0.2) is 0 Å². The molecule has 23 heavy (non-hydrogen) atoms. The maximum atomic E-state index is 12.2. The second kappa shape index (κ2) is 7.63. The fourth-order valence-corrected chi connectivity index (χ4v) is 2.42. The van der Waals surface area contributed by atoms with Crippen molar-refractivity contribution in [1.29, 1.82) is 0 Å². The predicted molar refractivity (Wildman–Crippen MR) is 95.9 cm³/mol. The van der Waals surface area contributed by atoms with Gasteiger partial charge in [-0.1, -0.05) is 44.2 Å². The Balaban J connectivity index is 2.15. The van der Waals surface area contributed by atoms with Crippen molar-refractivity contribution < 1.29 is 9.53 Å². The summed E-state index contributed by atoms with van der Waals surface area (Å²) in [6, 6.07) is 13.7. The van der Waals surface area contributed by atoms with Gasteiger partial charge in [0.1, 0.15) is 5.75 Å². The lowest BCUT2D eigenvalue weighted by Crippen LogP contribution is -2.11. The van der Waals surface area contributed by atoms with E-state index in [0.717, 1.165) is 28.1 Å². The molecule has 3 heteroatoms. The van der Waals surface area contributed by atoms with E-state index in [-0.39, 0.29) is 5.91 Å². The summed E-state index contributed by atoms with van der Waals surface area (Å²) in [6.45, 7) is 6.25. The van der Waals surface area contributed by atoms with Crippen LogP contribution in [0, 0.1) is 6.92 Å². The first kappa shape index (κ1) is 16.8. The molecule has 0 aliphatic rings. The summed E-state index contributed by atoms with van der Waals surface area (Å²) in [7, 11) is 1.63. The SMILES string of the molecule is COc1cccc(/C=C/C(=O)Nc2c(C)cccc2C(C)C)c1. The first-order valence-electron chi connectivity index (χ1n) is 7.74. The van der Waals surface area contributed by atoms with Gasteiger partial charge in [-0.05, 0) is 47.7 Å². The summed E-state index contributed by atoms with van der Waals surface area (Å²) in [5, 5.41) is 3.00. The Morgan fingerprint density at radius 1 is 1.17 bits per heavy atom. The van der Waals surface area contributed by atoms with Gasteiger partial charge in [0.05, 0.1) is 7.11 Å². The van der Waals surface area contributed by atoms with Gasteiger partial charge in [0.25, 0.3) is 0 Å². The number of para-hydroxylation sites is 1. The summed E-state index contributed by atoms with van der Waals surface area (Å²) < 4.78 is 5.18. The number of hydrogen-bond acceptors (Lipinski definition) is 2. The molecule has 2 rings (SSSR count). The van der Waals surface area contributed by atoms with Crippen molar-refractivity contribution >= 4 is 17.7 Å². The molecule has 3 nitrogen and oxygen atoms in total. The molecule has 0 aromatic heterocycles. The van der Waals surface area contributed by atoms with Crippen LogP contribution in [0.1, 0.15) is 36.5 Å². The lowest BCUT2D eigenvalue weighted by molar-refractivity contribution is -0.111. The van der Waals surface area contributed by atoms with E-state index in [1.165, 1.54) is 0 Å². The highest BCUT2D eigenvalue weighted by Gasteiger charge is 2.10. The molecular weight excluding hydrogens is 286 g/mol. The maximum Gasteiger partial charge on any atom is 0.248 e. The number of methoxy groups -OCH3 is 1. The third kappa shape index (κ3) is 4.46. The zero-order valence-electron chi connectivity index (χ0n) is 14.1. The highest BCUT2D eigenvalue weighted by Crippen LogP contribution is 2.27. The van der Waals surface area contributed by atoms with Crippen LogP contribution >= 0.6 is 0 Å². The van der Waals surface area contributed by atoms with Crippen molar-refractivity contribution in [3.63, 3.8) is 0 Å². The Kier molecular flexibility index (Phi) is 5.58. The predicted octanol–water partition coefficient (Wildman–Crippen LogP) is 4.78. The van der Waals surface area contributed by atoms with E-state index in [9.17, 15) is 4.79 Å². The standard InChI is InChI=1S/C20H23NO2/c1-14(2)18-10-5-7-15(3)20(18)21-19(22)12-11-16-8-6-9-17(13-16)23-4/h5-14H,1-4H3,(H,21,22)/b12-11+. The van der Waals surface area contributed by atoms with Crippen LogP contribution in [0.15, 0.2) is 48.5 Å². The Morgan fingerprint density at radius 3 is 2.61 bits per heavy atom. The van der Waals surface area contributed by atoms with E-state index < -0.39 is 0 Å². The molecule has 1 amide bonds.